The molecule has 1 aliphatic heterocycles. The van der Waals surface area contributed by atoms with Gasteiger partial charge in [-0.1, -0.05) is 20.8 Å². The lowest BCUT2D eigenvalue weighted by Gasteiger charge is -2.36. The average Bonchev–Trinajstić information content (AvgIpc) is 2.09. The molecule has 0 aromatic heterocycles. The Labute approximate surface area is 85.4 Å². The first-order valence-electron chi connectivity index (χ1n) is 5.03. The first-order chi connectivity index (χ1) is 6.15. The van der Waals surface area contributed by atoms with Crippen molar-refractivity contribution < 1.29 is 9.47 Å². The molecule has 1 fully saturated rings. The molecule has 0 spiro atoms. The summed E-state index contributed by atoms with van der Waals surface area (Å²) in [4.78, 5) is 0. The molecule has 0 aromatic carbocycles. The molecule has 0 radical (unpaired) electrons. The highest BCUT2D eigenvalue weighted by Crippen LogP contribution is 2.27. The first-order valence-corrected chi connectivity index (χ1v) is 6.08. The van der Waals surface area contributed by atoms with Crippen LogP contribution in [0.15, 0.2) is 0 Å². The molecule has 0 amide bonds. The van der Waals surface area contributed by atoms with Gasteiger partial charge >= 0.3 is 0 Å². The molecule has 1 aliphatic rings. The second-order valence-electron chi connectivity index (χ2n) is 3.64. The molecule has 4 unspecified atom stereocenters. The highest BCUT2D eigenvalue weighted by Gasteiger charge is 2.30. The number of ether oxygens (including phenoxy) is 2. The molecule has 78 valence electrons. The van der Waals surface area contributed by atoms with E-state index in [1.54, 1.807) is 0 Å². The molecule has 0 bridgehead atoms. The summed E-state index contributed by atoms with van der Waals surface area (Å²) >= 11 is 1.96. The van der Waals surface area contributed by atoms with Crippen molar-refractivity contribution in [1.29, 1.82) is 0 Å². The maximum Gasteiger partial charge on any atom is 0.155 e. The zero-order valence-corrected chi connectivity index (χ0v) is 9.76. The van der Waals surface area contributed by atoms with Crippen LogP contribution in [0.5, 0.6) is 0 Å². The third kappa shape index (κ3) is 3.15. The van der Waals surface area contributed by atoms with E-state index < -0.39 is 0 Å². The summed E-state index contributed by atoms with van der Waals surface area (Å²) < 4.78 is 11.2. The monoisotopic (exact) mass is 204 g/mol. The summed E-state index contributed by atoms with van der Waals surface area (Å²) in [6.45, 7) is 9.44. The predicted molar refractivity (Wildman–Crippen MR) is 57.0 cm³/mol. The number of hydrogen-bond donors (Lipinski definition) is 0. The van der Waals surface area contributed by atoms with E-state index >= 15 is 0 Å². The lowest BCUT2D eigenvalue weighted by Crippen LogP contribution is -2.42. The molecule has 4 atom stereocenters. The van der Waals surface area contributed by atoms with Crippen molar-refractivity contribution in [3.05, 3.63) is 0 Å². The topological polar surface area (TPSA) is 18.5 Å². The SMILES string of the molecule is CCSC(C)C1OC(C)OCC1C. The van der Waals surface area contributed by atoms with E-state index in [4.69, 9.17) is 9.47 Å². The summed E-state index contributed by atoms with van der Waals surface area (Å²) in [5, 5.41) is 0.575. The maximum atomic E-state index is 5.77. The lowest BCUT2D eigenvalue weighted by atomic mass is 10.0. The smallest absolute Gasteiger partial charge is 0.155 e. The Morgan fingerprint density at radius 2 is 2.15 bits per heavy atom. The fraction of sp³-hybridized carbons (Fsp3) is 1.00. The zero-order chi connectivity index (χ0) is 9.84. The van der Waals surface area contributed by atoms with Gasteiger partial charge in [-0.3, -0.25) is 0 Å². The van der Waals surface area contributed by atoms with Gasteiger partial charge in [0, 0.05) is 11.2 Å². The molecule has 2 nitrogen and oxygen atoms in total. The van der Waals surface area contributed by atoms with E-state index in [0.29, 0.717) is 17.3 Å². The van der Waals surface area contributed by atoms with Crippen LogP contribution >= 0.6 is 11.8 Å². The third-order valence-electron chi connectivity index (χ3n) is 2.40. The molecule has 0 N–H and O–H groups in total. The van der Waals surface area contributed by atoms with Crippen LogP contribution in [-0.2, 0) is 9.47 Å². The molecule has 3 heteroatoms. The highest BCUT2D eigenvalue weighted by atomic mass is 32.2. The van der Waals surface area contributed by atoms with E-state index in [2.05, 4.69) is 20.8 Å². The van der Waals surface area contributed by atoms with Crippen LogP contribution < -0.4 is 0 Å². The van der Waals surface area contributed by atoms with Crippen molar-refractivity contribution in [3.63, 3.8) is 0 Å². The van der Waals surface area contributed by atoms with Crippen molar-refractivity contribution in [1.82, 2.24) is 0 Å². The van der Waals surface area contributed by atoms with Gasteiger partial charge in [0.15, 0.2) is 6.29 Å². The van der Waals surface area contributed by atoms with Gasteiger partial charge in [-0.25, -0.2) is 0 Å². The van der Waals surface area contributed by atoms with Crippen LogP contribution in [0.1, 0.15) is 27.7 Å². The normalized spacial score (nSPS) is 37.4. The largest absolute Gasteiger partial charge is 0.353 e. The molecule has 1 heterocycles. The van der Waals surface area contributed by atoms with Gasteiger partial charge in [-0.2, -0.15) is 11.8 Å². The summed E-state index contributed by atoms with van der Waals surface area (Å²) in [6.07, 6.45) is 0.329. The van der Waals surface area contributed by atoms with Crippen LogP contribution in [0.25, 0.3) is 0 Å². The Balaban J connectivity index is 2.44. The Kier molecular flexibility index (Phi) is 4.56. The van der Waals surface area contributed by atoms with Gasteiger partial charge in [0.25, 0.3) is 0 Å². The molecular formula is C10H20O2S. The van der Waals surface area contributed by atoms with Crippen molar-refractivity contribution >= 4 is 11.8 Å². The third-order valence-corrected chi connectivity index (χ3v) is 3.52. The van der Waals surface area contributed by atoms with Crippen molar-refractivity contribution in [2.45, 2.75) is 45.3 Å². The summed E-state index contributed by atoms with van der Waals surface area (Å²) in [7, 11) is 0. The quantitative estimate of drug-likeness (QED) is 0.704. The average molecular weight is 204 g/mol. The number of rotatable bonds is 3. The fourth-order valence-electron chi connectivity index (χ4n) is 1.71. The Hall–Kier alpha value is 0.270. The van der Waals surface area contributed by atoms with E-state index in [9.17, 15) is 0 Å². The minimum atomic E-state index is -0.0268. The molecule has 13 heavy (non-hydrogen) atoms. The summed E-state index contributed by atoms with van der Waals surface area (Å²) in [5.41, 5.74) is 0. The van der Waals surface area contributed by atoms with E-state index in [-0.39, 0.29) is 6.29 Å². The summed E-state index contributed by atoms with van der Waals surface area (Å²) in [5.74, 6) is 1.67. The second kappa shape index (κ2) is 5.23. The standard InChI is InChI=1S/C10H20O2S/c1-5-13-8(3)10-7(2)6-11-9(4)12-10/h7-10H,5-6H2,1-4H3. The maximum absolute atomic E-state index is 5.77. The molecule has 0 saturated carbocycles. The summed E-state index contributed by atoms with van der Waals surface area (Å²) in [6, 6.07) is 0. The Morgan fingerprint density at radius 3 is 2.77 bits per heavy atom. The van der Waals surface area contributed by atoms with Gasteiger partial charge in [-0.15, -0.1) is 0 Å². The van der Waals surface area contributed by atoms with Crippen LogP contribution in [0, 0.1) is 5.92 Å². The number of hydrogen-bond acceptors (Lipinski definition) is 3. The van der Waals surface area contributed by atoms with Crippen LogP contribution in [0.2, 0.25) is 0 Å². The van der Waals surface area contributed by atoms with Crippen molar-refractivity contribution in [2.24, 2.45) is 5.92 Å². The van der Waals surface area contributed by atoms with Gasteiger partial charge in [0.05, 0.1) is 12.7 Å². The van der Waals surface area contributed by atoms with E-state index in [1.807, 2.05) is 18.7 Å². The predicted octanol–water partition coefficient (Wildman–Crippen LogP) is 2.53. The van der Waals surface area contributed by atoms with Crippen LogP contribution in [-0.4, -0.2) is 30.0 Å². The fourth-order valence-corrected chi connectivity index (χ4v) is 2.76. The van der Waals surface area contributed by atoms with Crippen LogP contribution in [0.3, 0.4) is 0 Å². The minimum Gasteiger partial charge on any atom is -0.353 e. The molecule has 0 aliphatic carbocycles. The van der Waals surface area contributed by atoms with Gasteiger partial charge in [0.1, 0.15) is 0 Å². The molecule has 0 aromatic rings. The van der Waals surface area contributed by atoms with Gasteiger partial charge < -0.3 is 9.47 Å². The minimum absolute atomic E-state index is 0.0268. The van der Waals surface area contributed by atoms with Gasteiger partial charge in [0.2, 0.25) is 0 Å². The van der Waals surface area contributed by atoms with Crippen LogP contribution in [0.4, 0.5) is 0 Å². The van der Waals surface area contributed by atoms with E-state index in [1.165, 1.54) is 0 Å². The number of thioether (sulfide) groups is 1. The zero-order valence-electron chi connectivity index (χ0n) is 8.95. The molecular weight excluding hydrogens is 184 g/mol. The molecule has 1 rings (SSSR count). The van der Waals surface area contributed by atoms with Gasteiger partial charge in [-0.05, 0) is 12.7 Å². The Bertz CT molecular complexity index is 152. The molecule has 1 saturated heterocycles. The lowest BCUT2D eigenvalue weighted by molar-refractivity contribution is -0.223. The Morgan fingerprint density at radius 1 is 1.46 bits per heavy atom. The highest BCUT2D eigenvalue weighted by molar-refractivity contribution is 7.99. The second-order valence-corrected chi connectivity index (χ2v) is 5.29. The van der Waals surface area contributed by atoms with Crippen molar-refractivity contribution in [3.8, 4) is 0 Å². The van der Waals surface area contributed by atoms with E-state index in [0.717, 1.165) is 12.4 Å². The van der Waals surface area contributed by atoms with Crippen molar-refractivity contribution in [2.75, 3.05) is 12.4 Å². The first kappa shape index (κ1) is 11.3.